The molecule has 0 aliphatic carbocycles. The predicted molar refractivity (Wildman–Crippen MR) is 95.2 cm³/mol. The third-order valence-corrected chi connectivity index (χ3v) is 3.85. The summed E-state index contributed by atoms with van der Waals surface area (Å²) in [5, 5.41) is 13.9. The third-order valence-electron chi connectivity index (χ3n) is 3.61. The summed E-state index contributed by atoms with van der Waals surface area (Å²) in [6, 6.07) is 13.8. The summed E-state index contributed by atoms with van der Waals surface area (Å²) in [5.74, 6) is 0.506. The van der Waals surface area contributed by atoms with Gasteiger partial charge in [0.25, 0.3) is 0 Å². The molecule has 1 atom stereocenters. The van der Waals surface area contributed by atoms with Gasteiger partial charge < -0.3 is 25.3 Å². The number of nitrogen functional groups attached to an aromatic ring is 1. The Morgan fingerprint density at radius 1 is 1.28 bits per heavy atom. The average molecular weight is 361 g/mol. The van der Waals surface area contributed by atoms with Crippen LogP contribution in [-0.2, 0) is 11.3 Å². The van der Waals surface area contributed by atoms with Crippen molar-refractivity contribution in [2.75, 3.05) is 12.3 Å². The van der Waals surface area contributed by atoms with E-state index in [1.165, 1.54) is 0 Å². The molecule has 1 unspecified atom stereocenters. The predicted octanol–water partition coefficient (Wildman–Crippen LogP) is 3.63. The number of rotatable bonds is 5. The van der Waals surface area contributed by atoms with Gasteiger partial charge >= 0.3 is 6.09 Å². The first-order chi connectivity index (χ1) is 12.0. The van der Waals surface area contributed by atoms with Gasteiger partial charge in [0.05, 0.1) is 12.6 Å². The Bertz CT molecular complexity index is 894. The van der Waals surface area contributed by atoms with E-state index >= 15 is 0 Å². The van der Waals surface area contributed by atoms with Crippen molar-refractivity contribution in [1.82, 2.24) is 5.32 Å². The number of aliphatic hydroxyl groups excluding tert-OH is 1. The van der Waals surface area contributed by atoms with Crippen LogP contribution in [0.25, 0.3) is 11.0 Å². The zero-order valence-electron chi connectivity index (χ0n) is 13.2. The van der Waals surface area contributed by atoms with Gasteiger partial charge in [0, 0.05) is 16.1 Å². The van der Waals surface area contributed by atoms with E-state index in [2.05, 4.69) is 5.32 Å². The van der Waals surface area contributed by atoms with Crippen molar-refractivity contribution in [1.29, 1.82) is 0 Å². The van der Waals surface area contributed by atoms with E-state index in [-0.39, 0.29) is 13.2 Å². The van der Waals surface area contributed by atoms with E-state index in [4.69, 9.17) is 26.5 Å². The number of hydrogen-bond acceptors (Lipinski definition) is 5. The summed E-state index contributed by atoms with van der Waals surface area (Å²) < 4.78 is 10.6. The monoisotopic (exact) mass is 360 g/mol. The van der Waals surface area contributed by atoms with Crippen molar-refractivity contribution in [2.45, 2.75) is 12.7 Å². The van der Waals surface area contributed by atoms with Crippen LogP contribution in [0.2, 0.25) is 5.02 Å². The minimum atomic E-state index is -0.875. The normalized spacial score (nSPS) is 12.1. The number of nitrogens with two attached hydrogens (primary N) is 1. The second-order valence-electron chi connectivity index (χ2n) is 5.54. The number of hydrogen-bond donors (Lipinski definition) is 3. The molecule has 0 saturated heterocycles. The van der Waals surface area contributed by atoms with Crippen LogP contribution < -0.4 is 11.1 Å². The third kappa shape index (κ3) is 4.43. The summed E-state index contributed by atoms with van der Waals surface area (Å²) in [6.07, 6.45) is -1.53. The van der Waals surface area contributed by atoms with Gasteiger partial charge in [0.15, 0.2) is 6.61 Å². The zero-order chi connectivity index (χ0) is 17.8. The van der Waals surface area contributed by atoms with Gasteiger partial charge in [-0.05, 0) is 42.0 Å². The number of carbonyl (C=O) groups is 1. The first-order valence-corrected chi connectivity index (χ1v) is 8.01. The lowest BCUT2D eigenvalue weighted by Gasteiger charge is -2.12. The molecule has 25 heavy (non-hydrogen) atoms. The van der Waals surface area contributed by atoms with E-state index in [1.807, 2.05) is 0 Å². The summed E-state index contributed by atoms with van der Waals surface area (Å²) in [5.41, 5.74) is 7.63. The summed E-state index contributed by atoms with van der Waals surface area (Å²) >= 11 is 5.87. The first kappa shape index (κ1) is 17.1. The Kier molecular flexibility index (Phi) is 5.11. The summed E-state index contributed by atoms with van der Waals surface area (Å²) in [6.45, 7) is -0.0104. The molecule has 130 valence electrons. The number of furan rings is 1. The van der Waals surface area contributed by atoms with Crippen molar-refractivity contribution >= 4 is 34.4 Å². The lowest BCUT2D eigenvalue weighted by atomic mass is 10.1. The van der Waals surface area contributed by atoms with Gasteiger partial charge in [-0.15, -0.1) is 0 Å². The standard InChI is InChI=1S/C18H17ClN2O4/c19-13-3-1-2-11(6-13)16(22)9-21-18(23)24-10-15-8-12-7-14(20)4-5-17(12)25-15/h1-8,16,22H,9-10,20H2,(H,21,23). The lowest BCUT2D eigenvalue weighted by molar-refractivity contribution is 0.120. The quantitative estimate of drug-likeness (QED) is 0.603. The first-order valence-electron chi connectivity index (χ1n) is 7.63. The van der Waals surface area contributed by atoms with Crippen LogP contribution in [0.1, 0.15) is 17.4 Å². The highest BCUT2D eigenvalue weighted by atomic mass is 35.5. The zero-order valence-corrected chi connectivity index (χ0v) is 14.0. The molecule has 3 aromatic rings. The molecule has 0 fully saturated rings. The molecule has 0 radical (unpaired) electrons. The fourth-order valence-corrected chi connectivity index (χ4v) is 2.59. The maximum atomic E-state index is 11.8. The second kappa shape index (κ2) is 7.46. The van der Waals surface area contributed by atoms with Gasteiger partial charge in [-0.1, -0.05) is 23.7 Å². The van der Waals surface area contributed by atoms with Crippen LogP contribution >= 0.6 is 11.6 Å². The molecule has 1 heterocycles. The average Bonchev–Trinajstić information content (AvgIpc) is 2.99. The highest BCUT2D eigenvalue weighted by Crippen LogP contribution is 2.22. The molecule has 2 aromatic carbocycles. The minimum Gasteiger partial charge on any atom is -0.457 e. The van der Waals surface area contributed by atoms with Crippen LogP contribution in [0, 0.1) is 0 Å². The maximum Gasteiger partial charge on any atom is 0.407 e. The van der Waals surface area contributed by atoms with Gasteiger partial charge in [-0.2, -0.15) is 0 Å². The van der Waals surface area contributed by atoms with Crippen molar-refractivity contribution in [3.63, 3.8) is 0 Å². The lowest BCUT2D eigenvalue weighted by Crippen LogP contribution is -2.28. The molecule has 0 spiro atoms. The van der Waals surface area contributed by atoms with Gasteiger partial charge in [-0.25, -0.2) is 4.79 Å². The fourth-order valence-electron chi connectivity index (χ4n) is 2.39. The topological polar surface area (TPSA) is 97.7 Å². The highest BCUT2D eigenvalue weighted by molar-refractivity contribution is 6.30. The Morgan fingerprint density at radius 2 is 2.12 bits per heavy atom. The Morgan fingerprint density at radius 3 is 2.92 bits per heavy atom. The molecule has 6 nitrogen and oxygen atoms in total. The van der Waals surface area contributed by atoms with E-state index in [9.17, 15) is 9.90 Å². The van der Waals surface area contributed by atoms with Crippen LogP contribution in [0.15, 0.2) is 52.9 Å². The van der Waals surface area contributed by atoms with Crippen molar-refractivity contribution in [3.05, 3.63) is 64.9 Å². The van der Waals surface area contributed by atoms with Gasteiger partial charge in [-0.3, -0.25) is 0 Å². The molecular weight excluding hydrogens is 344 g/mol. The molecule has 0 bridgehead atoms. The molecule has 0 saturated carbocycles. The Hall–Kier alpha value is -2.70. The van der Waals surface area contributed by atoms with Crippen molar-refractivity contribution < 1.29 is 19.1 Å². The number of halogens is 1. The van der Waals surface area contributed by atoms with Gasteiger partial charge in [0.2, 0.25) is 0 Å². The SMILES string of the molecule is Nc1ccc2oc(COC(=O)NCC(O)c3cccc(Cl)c3)cc2c1. The number of aliphatic hydroxyl groups is 1. The van der Waals surface area contributed by atoms with Crippen LogP contribution in [0.5, 0.6) is 0 Å². The van der Waals surface area contributed by atoms with Crippen LogP contribution in [-0.4, -0.2) is 17.7 Å². The molecule has 3 rings (SSSR count). The number of anilines is 1. The molecule has 1 aromatic heterocycles. The van der Waals surface area contributed by atoms with E-state index < -0.39 is 12.2 Å². The van der Waals surface area contributed by atoms with Crippen LogP contribution in [0.4, 0.5) is 10.5 Å². The number of fused-ring (bicyclic) bond motifs is 1. The number of carbonyl (C=O) groups excluding carboxylic acids is 1. The van der Waals surface area contributed by atoms with E-state index in [1.54, 1.807) is 48.5 Å². The van der Waals surface area contributed by atoms with E-state index in [0.717, 1.165) is 5.39 Å². The fraction of sp³-hybridized carbons (Fsp3) is 0.167. The van der Waals surface area contributed by atoms with Crippen molar-refractivity contribution in [3.8, 4) is 0 Å². The molecule has 7 heteroatoms. The Labute approximate surface area is 149 Å². The molecule has 4 N–H and O–H groups in total. The largest absolute Gasteiger partial charge is 0.457 e. The highest BCUT2D eigenvalue weighted by Gasteiger charge is 2.12. The number of nitrogens with one attached hydrogen (secondary N) is 1. The number of amides is 1. The number of ether oxygens (including phenoxy) is 1. The second-order valence-corrected chi connectivity index (χ2v) is 5.97. The smallest absolute Gasteiger partial charge is 0.407 e. The number of benzene rings is 2. The molecule has 0 aliphatic rings. The summed E-state index contributed by atoms with van der Waals surface area (Å²) in [7, 11) is 0. The molecular formula is C18H17ClN2O4. The summed E-state index contributed by atoms with van der Waals surface area (Å²) in [4.78, 5) is 11.8. The molecule has 0 aliphatic heterocycles. The van der Waals surface area contributed by atoms with Gasteiger partial charge in [0.1, 0.15) is 11.3 Å². The van der Waals surface area contributed by atoms with Crippen LogP contribution in [0.3, 0.4) is 0 Å². The van der Waals surface area contributed by atoms with E-state index in [0.29, 0.717) is 27.6 Å². The number of alkyl carbamates (subject to hydrolysis) is 1. The minimum absolute atomic E-state index is 0.00976. The van der Waals surface area contributed by atoms with Crippen molar-refractivity contribution in [2.24, 2.45) is 0 Å². The maximum absolute atomic E-state index is 11.8. The molecule has 1 amide bonds. The Balaban J connectivity index is 1.50.